The average molecular weight is 196 g/mol. The second-order valence-electron chi connectivity index (χ2n) is 2.42. The van der Waals surface area contributed by atoms with Crippen molar-refractivity contribution in [2.45, 2.75) is 0 Å². The highest BCUT2D eigenvalue weighted by Gasteiger charge is 2.11. The van der Waals surface area contributed by atoms with Crippen molar-refractivity contribution in [3.05, 3.63) is 33.9 Å². The Morgan fingerprint density at radius 1 is 1.64 bits per heavy atom. The normalized spacial score (nSPS) is 10.4. The second-order valence-corrected chi connectivity index (χ2v) is 2.42. The largest absolute Gasteiger partial charge is 0.502 e. The summed E-state index contributed by atoms with van der Waals surface area (Å²) in [6.07, 6.45) is 1.34. The van der Waals surface area contributed by atoms with E-state index in [1.54, 1.807) is 0 Å². The van der Waals surface area contributed by atoms with E-state index in [4.69, 9.17) is 0 Å². The van der Waals surface area contributed by atoms with Gasteiger partial charge in [-0.3, -0.25) is 10.1 Å². The third-order valence-electron chi connectivity index (χ3n) is 1.50. The van der Waals surface area contributed by atoms with Crippen LogP contribution >= 0.6 is 0 Å². The molecule has 0 radical (unpaired) electrons. The summed E-state index contributed by atoms with van der Waals surface area (Å²) in [5.41, 5.74) is 0.189. The van der Waals surface area contributed by atoms with Gasteiger partial charge in [-0.25, -0.2) is 0 Å². The van der Waals surface area contributed by atoms with E-state index in [1.807, 2.05) is 0 Å². The zero-order chi connectivity index (χ0) is 10.6. The molecule has 0 spiro atoms. The van der Waals surface area contributed by atoms with Crippen molar-refractivity contribution >= 4 is 11.9 Å². The van der Waals surface area contributed by atoms with Crippen LogP contribution < -0.4 is 0 Å². The predicted octanol–water partition coefficient (Wildman–Crippen LogP) is 1.28. The van der Waals surface area contributed by atoms with E-state index in [-0.39, 0.29) is 5.69 Å². The lowest BCUT2D eigenvalue weighted by Crippen LogP contribution is -1.90. The fraction of sp³-hybridized carbons (Fsp3) is 0.125. The van der Waals surface area contributed by atoms with E-state index in [9.17, 15) is 15.2 Å². The maximum atomic E-state index is 10.3. The summed E-state index contributed by atoms with van der Waals surface area (Å²) in [5, 5.41) is 23.0. The monoisotopic (exact) mass is 196 g/mol. The van der Waals surface area contributed by atoms with Crippen molar-refractivity contribution in [1.82, 2.24) is 0 Å². The molecule has 0 fully saturated rings. The van der Waals surface area contributed by atoms with Gasteiger partial charge in [-0.1, -0.05) is 5.16 Å². The number of oxime groups is 1. The Hall–Kier alpha value is -2.11. The molecule has 0 aliphatic rings. The number of nitro benzene ring substituents is 1. The first-order valence-electron chi connectivity index (χ1n) is 3.69. The van der Waals surface area contributed by atoms with Gasteiger partial charge in [0.05, 0.1) is 11.1 Å². The van der Waals surface area contributed by atoms with Gasteiger partial charge in [0.15, 0.2) is 5.75 Å². The summed E-state index contributed by atoms with van der Waals surface area (Å²) in [6.45, 7) is 0. The van der Waals surface area contributed by atoms with Crippen molar-refractivity contribution < 1.29 is 14.9 Å². The van der Waals surface area contributed by atoms with E-state index in [0.717, 1.165) is 0 Å². The third-order valence-corrected chi connectivity index (χ3v) is 1.50. The lowest BCUT2D eigenvalue weighted by atomic mass is 10.2. The van der Waals surface area contributed by atoms with Gasteiger partial charge in [0.1, 0.15) is 7.11 Å². The predicted molar refractivity (Wildman–Crippen MR) is 49.4 cm³/mol. The van der Waals surface area contributed by atoms with E-state index < -0.39 is 10.7 Å². The number of benzene rings is 1. The minimum absolute atomic E-state index is 0.334. The molecule has 6 nitrogen and oxygen atoms in total. The minimum atomic E-state index is -0.660. The zero-order valence-corrected chi connectivity index (χ0v) is 7.38. The van der Waals surface area contributed by atoms with Crippen molar-refractivity contribution in [3.63, 3.8) is 0 Å². The molecule has 6 heteroatoms. The van der Waals surface area contributed by atoms with Gasteiger partial charge in [-0.15, -0.1) is 0 Å². The summed E-state index contributed by atoms with van der Waals surface area (Å²) in [5.74, 6) is -0.393. The quantitative estimate of drug-likeness (QED) is 0.448. The molecule has 0 aliphatic carbocycles. The van der Waals surface area contributed by atoms with Gasteiger partial charge in [-0.05, 0) is 12.1 Å². The molecule has 0 saturated carbocycles. The highest BCUT2D eigenvalue weighted by atomic mass is 16.6. The first-order chi connectivity index (χ1) is 6.65. The molecule has 1 aromatic carbocycles. The van der Waals surface area contributed by atoms with Gasteiger partial charge in [0.25, 0.3) is 0 Å². The number of phenolic OH excluding ortho intramolecular Hbond substituents is 1. The Morgan fingerprint density at radius 2 is 2.36 bits per heavy atom. The van der Waals surface area contributed by atoms with Crippen LogP contribution in [0, 0.1) is 10.1 Å². The number of nitrogens with zero attached hydrogens (tertiary/aromatic N) is 2. The molecule has 0 aromatic heterocycles. The number of phenols is 1. The van der Waals surface area contributed by atoms with Crippen LogP contribution in [0.25, 0.3) is 0 Å². The lowest BCUT2D eigenvalue weighted by Gasteiger charge is -1.96. The number of hydrogen-bond acceptors (Lipinski definition) is 5. The van der Waals surface area contributed by atoms with E-state index in [0.29, 0.717) is 5.56 Å². The topological polar surface area (TPSA) is 85.0 Å². The first-order valence-corrected chi connectivity index (χ1v) is 3.69. The summed E-state index contributed by atoms with van der Waals surface area (Å²) >= 11 is 0. The molecule has 1 N–H and O–H groups in total. The molecular weight excluding hydrogens is 188 g/mol. The first kappa shape index (κ1) is 9.97. The van der Waals surface area contributed by atoms with Crippen LogP contribution in [0.1, 0.15) is 5.56 Å². The van der Waals surface area contributed by atoms with E-state index in [1.165, 1.54) is 31.5 Å². The Kier molecular flexibility index (Phi) is 3.01. The van der Waals surface area contributed by atoms with E-state index in [2.05, 4.69) is 9.99 Å². The number of hydrogen-bond donors (Lipinski definition) is 1. The smallest absolute Gasteiger partial charge is 0.310 e. The molecule has 1 aromatic rings. The molecule has 0 aliphatic heterocycles. The van der Waals surface area contributed by atoms with E-state index >= 15 is 0 Å². The number of aromatic hydroxyl groups is 1. The highest BCUT2D eigenvalue weighted by Crippen LogP contribution is 2.25. The summed E-state index contributed by atoms with van der Waals surface area (Å²) < 4.78 is 0. The zero-order valence-electron chi connectivity index (χ0n) is 7.38. The maximum absolute atomic E-state index is 10.3. The van der Waals surface area contributed by atoms with Crippen LogP contribution in [-0.4, -0.2) is 23.4 Å². The Morgan fingerprint density at radius 3 is 2.86 bits per heavy atom. The molecule has 1 rings (SSSR count). The standard InChI is InChI=1S/C8H8N2O4/c1-14-9-5-6-2-3-7(10(12)13)8(11)4-6/h2-5,11H,1H3/b9-5-. The Bertz CT molecular complexity index is 376. The van der Waals surface area contributed by atoms with Gasteiger partial charge in [0, 0.05) is 11.6 Å². The van der Waals surface area contributed by atoms with Crippen molar-refractivity contribution in [1.29, 1.82) is 0 Å². The molecule has 0 atom stereocenters. The lowest BCUT2D eigenvalue weighted by molar-refractivity contribution is -0.385. The average Bonchev–Trinajstić information content (AvgIpc) is 2.14. The van der Waals surface area contributed by atoms with Crippen molar-refractivity contribution in [2.75, 3.05) is 7.11 Å². The van der Waals surface area contributed by atoms with Gasteiger partial charge in [-0.2, -0.15) is 0 Å². The Balaban J connectivity index is 3.00. The van der Waals surface area contributed by atoms with Crippen LogP contribution in [0.15, 0.2) is 23.4 Å². The van der Waals surface area contributed by atoms with Gasteiger partial charge < -0.3 is 9.94 Å². The maximum Gasteiger partial charge on any atom is 0.310 e. The fourth-order valence-electron chi connectivity index (χ4n) is 0.889. The van der Waals surface area contributed by atoms with Crippen molar-refractivity contribution in [3.8, 4) is 5.75 Å². The van der Waals surface area contributed by atoms with Crippen LogP contribution in [-0.2, 0) is 4.84 Å². The molecule has 74 valence electrons. The molecular formula is C8H8N2O4. The van der Waals surface area contributed by atoms with Crippen LogP contribution in [0.3, 0.4) is 0 Å². The second kappa shape index (κ2) is 4.22. The van der Waals surface area contributed by atoms with Crippen LogP contribution in [0.2, 0.25) is 0 Å². The third kappa shape index (κ3) is 2.19. The summed E-state index contributed by atoms with van der Waals surface area (Å²) in [6, 6.07) is 3.90. The van der Waals surface area contributed by atoms with Crippen LogP contribution in [0.5, 0.6) is 5.75 Å². The fourth-order valence-corrected chi connectivity index (χ4v) is 0.889. The number of rotatable bonds is 3. The van der Waals surface area contributed by atoms with Gasteiger partial charge in [0.2, 0.25) is 0 Å². The summed E-state index contributed by atoms with van der Waals surface area (Å²) in [4.78, 5) is 14.1. The SMILES string of the molecule is CO/N=C\c1ccc([N+](=O)[O-])c(O)c1. The molecule has 14 heavy (non-hydrogen) atoms. The minimum Gasteiger partial charge on any atom is -0.502 e. The Labute approximate surface area is 79.6 Å². The van der Waals surface area contributed by atoms with Crippen molar-refractivity contribution in [2.24, 2.45) is 5.16 Å². The molecule has 0 bridgehead atoms. The number of nitro groups is 1. The summed E-state index contributed by atoms with van der Waals surface area (Å²) in [7, 11) is 1.38. The molecule has 0 amide bonds. The highest BCUT2D eigenvalue weighted by molar-refractivity contribution is 5.80. The molecule has 0 heterocycles. The van der Waals surface area contributed by atoms with Gasteiger partial charge >= 0.3 is 5.69 Å². The molecule has 0 unspecified atom stereocenters. The van der Waals surface area contributed by atoms with Crippen LogP contribution in [0.4, 0.5) is 5.69 Å². The molecule has 0 saturated heterocycles.